The number of likely N-dealkylation sites (tertiary alicyclic amines) is 1. The van der Waals surface area contributed by atoms with E-state index in [0.717, 1.165) is 43.2 Å². The molecule has 1 saturated heterocycles. The second-order valence-electron chi connectivity index (χ2n) is 21.2. The second-order valence-corrected chi connectivity index (χ2v) is 21.2. The molecule has 20 heteroatoms. The van der Waals surface area contributed by atoms with Crippen molar-refractivity contribution in [1.82, 2.24) is 36.4 Å². The largest absolute Gasteiger partial charge is 0.395 e. The van der Waals surface area contributed by atoms with Crippen molar-refractivity contribution in [1.29, 1.82) is 0 Å². The number of nitrogens with one attached hydrogen (secondary N) is 7. The Morgan fingerprint density at radius 2 is 1.35 bits per heavy atom. The number of likely N-dealkylation sites (N-methyl/N-ethyl adjacent to an activating group) is 2. The number of carbonyl (C=O) groups is 6. The first kappa shape index (κ1) is 63.6. The number of aliphatic hydroxyl groups is 1. The van der Waals surface area contributed by atoms with Crippen molar-refractivity contribution in [2.45, 2.75) is 160 Å². The summed E-state index contributed by atoms with van der Waals surface area (Å²) in [6.45, 7) is 4.74. The second kappa shape index (κ2) is 34.0. The highest BCUT2D eigenvalue weighted by atomic mass is 16.5. The Balaban J connectivity index is 0.000000247. The Kier molecular flexibility index (Phi) is 27.4. The van der Waals surface area contributed by atoms with E-state index >= 15 is 0 Å². The van der Waals surface area contributed by atoms with Crippen LogP contribution < -0.4 is 53.8 Å². The first-order valence-corrected chi connectivity index (χ1v) is 29.0. The van der Waals surface area contributed by atoms with Crippen molar-refractivity contribution in [3.8, 4) is 0 Å². The quantitative estimate of drug-likeness (QED) is 0.0488. The van der Waals surface area contributed by atoms with E-state index in [1.807, 2.05) is 31.2 Å². The Labute approximate surface area is 466 Å². The molecule has 3 aromatic rings. The summed E-state index contributed by atoms with van der Waals surface area (Å²) in [6.07, 6.45) is 20.4. The predicted octanol–water partition coefficient (Wildman–Crippen LogP) is 3.12. The molecule has 3 fully saturated rings. The van der Waals surface area contributed by atoms with Gasteiger partial charge in [0.25, 0.3) is 10.9 Å². The van der Waals surface area contributed by atoms with Crippen LogP contribution >= 0.6 is 0 Å². The molecule has 5 aliphatic rings. The van der Waals surface area contributed by atoms with Crippen LogP contribution in [0.1, 0.15) is 138 Å². The summed E-state index contributed by atoms with van der Waals surface area (Å²) in [6, 6.07) is 14.5. The fourth-order valence-electron chi connectivity index (χ4n) is 11.0. The molecule has 5 unspecified atom stereocenters. The molecule has 1 aliphatic heterocycles. The highest BCUT2D eigenvalue weighted by Crippen LogP contribution is 2.34. The van der Waals surface area contributed by atoms with Crippen molar-refractivity contribution in [3.63, 3.8) is 0 Å². The van der Waals surface area contributed by atoms with E-state index in [1.165, 1.54) is 69.1 Å². The van der Waals surface area contributed by atoms with E-state index in [4.69, 9.17) is 15.6 Å². The number of benzene rings is 2. The lowest BCUT2D eigenvalue weighted by molar-refractivity contribution is -0.142. The number of fused-ring (bicyclic) bond motifs is 2. The summed E-state index contributed by atoms with van der Waals surface area (Å²) in [4.78, 5) is 101. The van der Waals surface area contributed by atoms with Gasteiger partial charge in [-0.25, -0.2) is 0 Å². The molecule has 4 aliphatic carbocycles. The number of rotatable bonds is 23. The number of hydrogen-bond acceptors (Lipinski definition) is 14. The molecule has 0 radical (unpaired) electrons. The molecule has 6 amide bonds. The molecule has 0 spiro atoms. The third-order valence-electron chi connectivity index (χ3n) is 15.4. The van der Waals surface area contributed by atoms with Gasteiger partial charge in [0.05, 0.1) is 51.0 Å². The van der Waals surface area contributed by atoms with Crippen molar-refractivity contribution in [2.75, 3.05) is 83.8 Å². The maximum atomic E-state index is 13.1. The number of ether oxygens (including phenoxy) is 1. The van der Waals surface area contributed by atoms with Crippen LogP contribution in [-0.4, -0.2) is 148 Å². The molecule has 10 N–H and O–H groups in total. The van der Waals surface area contributed by atoms with Crippen molar-refractivity contribution < 1.29 is 38.6 Å². The van der Waals surface area contributed by atoms with Gasteiger partial charge in [0, 0.05) is 32.6 Å². The predicted molar refractivity (Wildman–Crippen MR) is 307 cm³/mol. The molecular formula is C59H90N10O10. The van der Waals surface area contributed by atoms with Crippen LogP contribution in [0.3, 0.4) is 0 Å². The number of carbonyl (C=O) groups excluding carboxylic acids is 6. The average molecular weight is 1100 g/mol. The van der Waals surface area contributed by atoms with Gasteiger partial charge in [-0.15, -0.1) is 0 Å². The summed E-state index contributed by atoms with van der Waals surface area (Å²) < 4.78 is 6.10. The topological polar surface area (TPSA) is 283 Å². The molecule has 0 aromatic heterocycles. The van der Waals surface area contributed by atoms with Crippen molar-refractivity contribution >= 4 is 46.8 Å². The van der Waals surface area contributed by atoms with Gasteiger partial charge < -0.3 is 62.6 Å². The van der Waals surface area contributed by atoms with E-state index < -0.39 is 40.9 Å². The van der Waals surface area contributed by atoms with Crippen LogP contribution in [0.15, 0.2) is 58.1 Å². The normalized spacial score (nSPS) is 19.1. The lowest BCUT2D eigenvalue weighted by Gasteiger charge is -2.34. The van der Waals surface area contributed by atoms with Gasteiger partial charge in [0.15, 0.2) is 0 Å². The van der Waals surface area contributed by atoms with E-state index in [1.54, 1.807) is 37.0 Å². The minimum absolute atomic E-state index is 0.145. The molecule has 5 atom stereocenters. The van der Waals surface area contributed by atoms with Gasteiger partial charge in [0.1, 0.15) is 23.5 Å². The van der Waals surface area contributed by atoms with Gasteiger partial charge >= 0.3 is 0 Å². The molecule has 1 heterocycles. The lowest BCUT2D eigenvalue weighted by atomic mass is 9.83. The highest BCUT2D eigenvalue weighted by Gasteiger charge is 2.40. The van der Waals surface area contributed by atoms with Crippen LogP contribution in [0.4, 0.5) is 11.4 Å². The fraction of sp³-hybridized carbons (Fsp3) is 0.627. The van der Waals surface area contributed by atoms with Gasteiger partial charge in [-0.2, -0.15) is 0 Å². The zero-order chi connectivity index (χ0) is 57.1. The SMILES string of the molecule is C1CCCCC1.CCCN(CC(=O)NC1c2ccccc2CC1OCCNc1c(NCCO)c(=O)c1=O)C(=O)CNC(=O)C(C)NC.CNCC(=O)NC(C(=O)N1CCCC1C(N)=O)C1CCCCC1.c1ccc2c(c1)CCC2. The van der Waals surface area contributed by atoms with E-state index in [0.29, 0.717) is 32.4 Å². The molecule has 436 valence electrons. The van der Waals surface area contributed by atoms with Crippen LogP contribution in [0.2, 0.25) is 0 Å². The van der Waals surface area contributed by atoms with Gasteiger partial charge in [-0.05, 0) is 101 Å². The number of nitrogens with two attached hydrogens (primary N) is 1. The Bertz CT molecular complexity index is 2450. The van der Waals surface area contributed by atoms with Crippen LogP contribution in [0, 0.1) is 5.92 Å². The number of primary amides is 1. The molecule has 8 rings (SSSR count). The molecule has 79 heavy (non-hydrogen) atoms. The zero-order valence-corrected chi connectivity index (χ0v) is 47.3. The van der Waals surface area contributed by atoms with Crippen molar-refractivity contribution in [3.05, 3.63) is 91.2 Å². The van der Waals surface area contributed by atoms with E-state index in [9.17, 15) is 38.4 Å². The first-order valence-electron chi connectivity index (χ1n) is 29.0. The van der Waals surface area contributed by atoms with Crippen LogP contribution in [-0.2, 0) is 52.8 Å². The van der Waals surface area contributed by atoms with Gasteiger partial charge in [0.2, 0.25) is 35.4 Å². The number of aliphatic hydroxyl groups excluding tert-OH is 1. The summed E-state index contributed by atoms with van der Waals surface area (Å²) >= 11 is 0. The Hall–Kier alpha value is -6.22. The van der Waals surface area contributed by atoms with E-state index in [2.05, 4.69) is 61.5 Å². The third kappa shape index (κ3) is 19.5. The summed E-state index contributed by atoms with van der Waals surface area (Å²) in [5.74, 6) is -1.66. The highest BCUT2D eigenvalue weighted by molar-refractivity contribution is 5.93. The number of anilines is 2. The lowest BCUT2D eigenvalue weighted by Crippen LogP contribution is -2.56. The molecule has 20 nitrogen and oxygen atoms in total. The maximum Gasteiger partial charge on any atom is 0.253 e. The van der Waals surface area contributed by atoms with Crippen LogP contribution in [0.5, 0.6) is 0 Å². The van der Waals surface area contributed by atoms with Gasteiger partial charge in [-0.3, -0.25) is 38.4 Å². The summed E-state index contributed by atoms with van der Waals surface area (Å²) in [7, 11) is 3.35. The summed E-state index contributed by atoms with van der Waals surface area (Å²) in [5.41, 5.74) is 9.61. The minimum Gasteiger partial charge on any atom is -0.395 e. The number of amides is 6. The Morgan fingerprint density at radius 3 is 1.94 bits per heavy atom. The molecule has 2 saturated carbocycles. The number of nitrogens with zero attached hydrogens (tertiary/aromatic N) is 2. The summed E-state index contributed by atoms with van der Waals surface area (Å²) in [5, 5.41) is 28.7. The molecular weight excluding hydrogens is 1010 g/mol. The monoisotopic (exact) mass is 1100 g/mol. The smallest absolute Gasteiger partial charge is 0.253 e. The number of aryl methyl sites for hydroxylation is 2. The first-order chi connectivity index (χ1) is 38.2. The molecule has 3 aromatic carbocycles. The zero-order valence-electron chi connectivity index (χ0n) is 47.3. The van der Waals surface area contributed by atoms with Gasteiger partial charge in [-0.1, -0.05) is 113 Å². The fourth-order valence-corrected chi connectivity index (χ4v) is 11.0. The number of hydrogen-bond donors (Lipinski definition) is 9. The maximum absolute atomic E-state index is 13.1. The average Bonchev–Trinajstić information content (AvgIpc) is 4.29. The molecule has 0 bridgehead atoms. The van der Waals surface area contributed by atoms with E-state index in [-0.39, 0.29) is 98.9 Å². The van der Waals surface area contributed by atoms with Crippen LogP contribution in [0.25, 0.3) is 0 Å². The Morgan fingerprint density at radius 1 is 0.759 bits per heavy atom. The van der Waals surface area contributed by atoms with Crippen molar-refractivity contribution in [2.24, 2.45) is 11.7 Å². The standard InChI is InChI=1S/C28H40N6O7.C16H28N4O3.C9H10.C6H12/c1-4-11-34(22(37)15-32-28(40)17(2)29-3)16-21(36)33-23-19-8-6-5-7-18(19)14-20(23)41-13-10-31-25-24(30-9-12-35)26(38)27(25)39;1-18-10-13(21)19-14(11-6-3-2-4-7-11)16(23)20-9-5-8-12(20)15(17)22;1-2-5-9-7-3-6-8(9)4-1;1-2-4-6-5-3-1/h5-8,17,20,23,29-31,35H,4,9-16H2,1-3H3,(H,32,40)(H,33,36);11-12,14,18H,2-10H2,1H3,(H2,17,22)(H,19,21);1-2,4-5H,3,6-7H2;1-6H2. The third-order valence-corrected chi connectivity index (χ3v) is 15.4. The minimum atomic E-state index is -0.624.